The van der Waals surface area contributed by atoms with Crippen molar-refractivity contribution in [3.8, 4) is 0 Å². The second kappa shape index (κ2) is 21.4. The van der Waals surface area contributed by atoms with Crippen molar-refractivity contribution in [2.24, 2.45) is 0 Å². The third-order valence-corrected chi connectivity index (χ3v) is 4.00. The summed E-state index contributed by atoms with van der Waals surface area (Å²) in [5, 5.41) is 27.6. The van der Waals surface area contributed by atoms with Crippen LogP contribution in [0.5, 0.6) is 0 Å². The van der Waals surface area contributed by atoms with Crippen LogP contribution < -0.4 is 0 Å². The van der Waals surface area contributed by atoms with E-state index in [1.165, 1.54) is 0 Å². The number of aliphatic hydroxyl groups excluding tert-OH is 3. The first-order chi connectivity index (χ1) is 16.6. The van der Waals surface area contributed by atoms with Gasteiger partial charge >= 0.3 is 12.2 Å². The Hall–Kier alpha value is -0.680. The van der Waals surface area contributed by atoms with Crippen LogP contribution in [0.1, 0.15) is 32.6 Å². The maximum Gasteiger partial charge on any atom is 0.383 e. The summed E-state index contributed by atoms with van der Waals surface area (Å²) in [4.78, 5) is 0. The van der Waals surface area contributed by atoms with Crippen LogP contribution in [0.25, 0.3) is 0 Å². The zero-order chi connectivity index (χ0) is 26.4. The topological polar surface area (TPSA) is 125 Å². The second-order valence-corrected chi connectivity index (χ2v) is 7.58. The van der Waals surface area contributed by atoms with E-state index in [1.807, 2.05) is 0 Å². The molecule has 0 saturated carbocycles. The van der Waals surface area contributed by atoms with E-state index in [0.717, 1.165) is 25.7 Å². The molecule has 0 aliphatic heterocycles. The highest BCUT2D eigenvalue weighted by molar-refractivity contribution is 4.60. The maximum absolute atomic E-state index is 13.6. The molecule has 0 spiro atoms. The van der Waals surface area contributed by atoms with Crippen LogP contribution in [0.4, 0.5) is 17.6 Å². The zero-order valence-corrected chi connectivity index (χ0v) is 20.2. The van der Waals surface area contributed by atoms with Crippen molar-refractivity contribution >= 4 is 0 Å². The van der Waals surface area contributed by atoms with E-state index in [4.69, 9.17) is 24.1 Å². The first-order valence-corrected chi connectivity index (χ1v) is 11.5. The third kappa shape index (κ3) is 23.5. The van der Waals surface area contributed by atoms with Crippen molar-refractivity contribution in [3.63, 3.8) is 0 Å². The summed E-state index contributed by atoms with van der Waals surface area (Å²) in [6.45, 7) is -1.99. The van der Waals surface area contributed by atoms with Gasteiger partial charge in [0.1, 0.15) is 32.2 Å². The van der Waals surface area contributed by atoms with E-state index >= 15 is 0 Å². The highest BCUT2D eigenvalue weighted by Crippen LogP contribution is 2.27. The lowest BCUT2D eigenvalue weighted by molar-refractivity contribution is -0.396. The molecule has 2 unspecified atom stereocenters. The van der Waals surface area contributed by atoms with Crippen molar-refractivity contribution in [2.45, 2.75) is 57.0 Å². The van der Waals surface area contributed by atoms with E-state index in [9.17, 15) is 27.8 Å². The summed E-state index contributed by atoms with van der Waals surface area (Å²) in [6.07, 6.45) is -6.78. The Morgan fingerprint density at radius 1 is 0.629 bits per heavy atom. The minimum absolute atomic E-state index is 0.0124. The average Bonchev–Trinajstić information content (AvgIpc) is 2.77. The Kier molecular flexibility index (Phi) is 21.0. The summed E-state index contributed by atoms with van der Waals surface area (Å²) < 4.78 is 86.8. The molecule has 0 saturated heterocycles. The van der Waals surface area contributed by atoms with Crippen LogP contribution in [0.2, 0.25) is 0 Å². The highest BCUT2D eigenvalue weighted by atomic mass is 19.3. The molecule has 3 N–H and O–H groups in total. The zero-order valence-electron chi connectivity index (χ0n) is 20.2. The molecule has 0 aromatic rings. The molecule has 0 fully saturated rings. The van der Waals surface area contributed by atoms with Crippen molar-refractivity contribution in [1.82, 2.24) is 0 Å². The first kappa shape index (κ1) is 34.3. The van der Waals surface area contributed by atoms with Gasteiger partial charge in [0.15, 0.2) is 0 Å². The molecule has 0 aromatic heterocycles. The summed E-state index contributed by atoms with van der Waals surface area (Å²) in [7, 11) is 0. The summed E-state index contributed by atoms with van der Waals surface area (Å²) in [6, 6.07) is 0. The third-order valence-electron chi connectivity index (χ3n) is 4.00. The smallest absolute Gasteiger partial charge is 0.383 e. The predicted octanol–water partition coefficient (Wildman–Crippen LogP) is 1.54. The van der Waals surface area contributed by atoms with E-state index < -0.39 is 51.0 Å². The first-order valence-electron chi connectivity index (χ1n) is 11.5. The summed E-state index contributed by atoms with van der Waals surface area (Å²) in [5.74, 6) is 0. The van der Waals surface area contributed by atoms with E-state index in [0.29, 0.717) is 6.61 Å². The molecule has 14 heteroatoms. The van der Waals surface area contributed by atoms with Gasteiger partial charge in [-0.05, 0) is 6.42 Å². The number of ether oxygens (including phenoxy) is 7. The van der Waals surface area contributed by atoms with Gasteiger partial charge in [0.05, 0.1) is 52.9 Å². The van der Waals surface area contributed by atoms with E-state index in [-0.39, 0.29) is 46.2 Å². The van der Waals surface area contributed by atoms with Gasteiger partial charge < -0.3 is 43.7 Å². The molecule has 212 valence electrons. The quantitative estimate of drug-likeness (QED) is 0.0865. The largest absolute Gasteiger partial charge is 0.394 e. The number of rotatable bonds is 26. The Bertz CT molecular complexity index is 477. The van der Waals surface area contributed by atoms with Crippen LogP contribution in [0, 0.1) is 0 Å². The van der Waals surface area contributed by atoms with E-state index in [2.05, 4.69) is 21.1 Å². The lowest BCUT2D eigenvalue weighted by atomic mass is 10.2. The summed E-state index contributed by atoms with van der Waals surface area (Å²) >= 11 is 0. The van der Waals surface area contributed by atoms with Gasteiger partial charge in [-0.15, -0.1) is 0 Å². The normalized spacial score (nSPS) is 14.4. The standard InChI is InChI=1S/C21H40F4O10/c1-2-3-4-5-7-29-11-19(28)14-33-15-20(22,23)35-21(24,25)16-34-17-32-10-9-31-13-18(27)12-30-8-6-26/h18-19,26-28H,2-17H2,1H3. The Morgan fingerprint density at radius 3 is 1.74 bits per heavy atom. The average molecular weight is 529 g/mol. The fourth-order valence-electron chi connectivity index (χ4n) is 2.44. The molecule has 0 bridgehead atoms. The number of hydrogen-bond acceptors (Lipinski definition) is 10. The van der Waals surface area contributed by atoms with Crippen molar-refractivity contribution in [1.29, 1.82) is 0 Å². The number of halogens is 4. The van der Waals surface area contributed by atoms with Gasteiger partial charge in [-0.3, -0.25) is 4.74 Å². The van der Waals surface area contributed by atoms with E-state index in [1.54, 1.807) is 0 Å². The molecule has 0 aliphatic carbocycles. The van der Waals surface area contributed by atoms with Gasteiger partial charge in [0.25, 0.3) is 0 Å². The van der Waals surface area contributed by atoms with Crippen molar-refractivity contribution in [2.75, 3.05) is 79.5 Å². The number of alkyl halides is 4. The molecular formula is C21H40F4O10. The van der Waals surface area contributed by atoms with Gasteiger partial charge in [-0.25, -0.2) is 0 Å². The monoisotopic (exact) mass is 528 g/mol. The van der Waals surface area contributed by atoms with Gasteiger partial charge in [-0.2, -0.15) is 17.6 Å². The predicted molar refractivity (Wildman–Crippen MR) is 114 cm³/mol. The molecule has 0 amide bonds. The SMILES string of the molecule is CCCCCCOCC(O)COCC(F)(F)OC(F)(F)COCOCCOCC(O)COCCO. The minimum atomic E-state index is -4.32. The molecule has 0 aliphatic rings. The number of aliphatic hydroxyl groups is 3. The lowest BCUT2D eigenvalue weighted by Crippen LogP contribution is -2.40. The van der Waals surface area contributed by atoms with Crippen LogP contribution >= 0.6 is 0 Å². The van der Waals surface area contributed by atoms with Crippen LogP contribution in [-0.2, 0) is 33.2 Å². The lowest BCUT2D eigenvalue weighted by Gasteiger charge is -2.24. The molecule has 0 heterocycles. The van der Waals surface area contributed by atoms with Crippen LogP contribution in [0.3, 0.4) is 0 Å². The molecular weight excluding hydrogens is 488 g/mol. The van der Waals surface area contributed by atoms with Crippen molar-refractivity contribution < 1.29 is 66.0 Å². The van der Waals surface area contributed by atoms with Gasteiger partial charge in [0, 0.05) is 6.61 Å². The Labute approximate surface area is 203 Å². The maximum atomic E-state index is 13.6. The Balaban J connectivity index is 3.80. The minimum Gasteiger partial charge on any atom is -0.394 e. The molecule has 0 rings (SSSR count). The van der Waals surface area contributed by atoms with Crippen molar-refractivity contribution in [3.05, 3.63) is 0 Å². The second-order valence-electron chi connectivity index (χ2n) is 7.58. The highest BCUT2D eigenvalue weighted by Gasteiger charge is 2.44. The molecule has 10 nitrogen and oxygen atoms in total. The van der Waals surface area contributed by atoms with Crippen LogP contribution in [0.15, 0.2) is 0 Å². The fourth-order valence-corrected chi connectivity index (χ4v) is 2.44. The van der Waals surface area contributed by atoms with Gasteiger partial charge in [-0.1, -0.05) is 26.2 Å². The molecule has 35 heavy (non-hydrogen) atoms. The Morgan fingerprint density at radius 2 is 1.14 bits per heavy atom. The molecule has 2 atom stereocenters. The van der Waals surface area contributed by atoms with Gasteiger partial charge in [0.2, 0.25) is 0 Å². The summed E-state index contributed by atoms with van der Waals surface area (Å²) in [5.41, 5.74) is 0. The molecule has 0 aromatic carbocycles. The number of hydrogen-bond donors (Lipinski definition) is 3. The number of unbranched alkanes of at least 4 members (excludes halogenated alkanes) is 3. The fraction of sp³-hybridized carbons (Fsp3) is 1.00. The molecule has 0 radical (unpaired) electrons. The van der Waals surface area contributed by atoms with Crippen LogP contribution in [-0.4, -0.2) is 119 Å².